The number of halogens is 2. The van der Waals surface area contributed by atoms with Crippen LogP contribution in [-0.4, -0.2) is 17.6 Å². The van der Waals surface area contributed by atoms with Crippen molar-refractivity contribution in [2.24, 2.45) is 0 Å². The van der Waals surface area contributed by atoms with Gasteiger partial charge in [0, 0.05) is 30.8 Å². The second-order valence-electron chi connectivity index (χ2n) is 4.23. The number of anilines is 1. The molecule has 0 bridgehead atoms. The van der Waals surface area contributed by atoms with E-state index >= 15 is 0 Å². The molecule has 86 valence electrons. The largest absolute Gasteiger partial charge is 0.368 e. The van der Waals surface area contributed by atoms with Crippen molar-refractivity contribution in [3.05, 3.63) is 28.2 Å². The molecule has 0 aliphatic carbocycles. The third-order valence-corrected chi connectivity index (χ3v) is 2.85. The van der Waals surface area contributed by atoms with Gasteiger partial charge in [-0.05, 0) is 19.9 Å². The fraction of sp³-hybridized carbons (Fsp3) is 0.500. The van der Waals surface area contributed by atoms with Gasteiger partial charge in [0.2, 0.25) is 5.56 Å². The smallest absolute Gasteiger partial charge is 0.248 e. The number of nitrogens with one attached hydrogen (secondary N) is 1. The molecule has 0 aromatic carbocycles. The van der Waals surface area contributed by atoms with Crippen molar-refractivity contribution >= 4 is 30.5 Å². The van der Waals surface area contributed by atoms with Gasteiger partial charge in [0.1, 0.15) is 0 Å². The molecule has 5 heteroatoms. The molecule has 0 saturated carbocycles. The average Bonchev–Trinajstić information content (AvgIpc) is 2.22. The summed E-state index contributed by atoms with van der Waals surface area (Å²) in [4.78, 5) is 16.2. The summed E-state index contributed by atoms with van der Waals surface area (Å²) in [6, 6.07) is 3.47. The molecule has 2 heterocycles. The minimum absolute atomic E-state index is 0. The molecule has 1 N–H and O–H groups in total. The van der Waals surface area contributed by atoms with Gasteiger partial charge in [0.25, 0.3) is 0 Å². The molecule has 2 rings (SSSR count). The van der Waals surface area contributed by atoms with Gasteiger partial charge in [0.05, 0.1) is 5.69 Å². The topological polar surface area (TPSA) is 36.1 Å². The van der Waals surface area contributed by atoms with Crippen LogP contribution in [0.1, 0.15) is 19.5 Å². The maximum Gasteiger partial charge on any atom is 0.248 e. The van der Waals surface area contributed by atoms with Gasteiger partial charge in [-0.15, -0.1) is 24.8 Å². The first-order valence-corrected chi connectivity index (χ1v) is 4.47. The van der Waals surface area contributed by atoms with Gasteiger partial charge in [-0.2, -0.15) is 0 Å². The van der Waals surface area contributed by atoms with E-state index < -0.39 is 0 Å². The first-order chi connectivity index (χ1) is 6.00. The van der Waals surface area contributed by atoms with Crippen LogP contribution in [0.3, 0.4) is 0 Å². The van der Waals surface area contributed by atoms with Crippen molar-refractivity contribution in [3.8, 4) is 0 Å². The minimum Gasteiger partial charge on any atom is -0.368 e. The zero-order valence-corrected chi connectivity index (χ0v) is 10.7. The van der Waals surface area contributed by atoms with Crippen LogP contribution in [0, 0.1) is 0 Å². The number of H-pyrrole nitrogens is 1. The standard InChI is InChI=1S/C10H14N2O.2ClH/c1-10(2)6-7-8(12(10)3)4-5-9(13)11-7;;/h4-5H,6H2,1-3H3,(H,11,13);2*1H. The van der Waals surface area contributed by atoms with E-state index in [9.17, 15) is 4.79 Å². The van der Waals surface area contributed by atoms with Crippen LogP contribution in [0.25, 0.3) is 0 Å². The number of aromatic nitrogens is 1. The number of rotatable bonds is 0. The van der Waals surface area contributed by atoms with Gasteiger partial charge in [-0.25, -0.2) is 0 Å². The lowest BCUT2D eigenvalue weighted by Gasteiger charge is -2.29. The molecular formula is C10H16Cl2N2O. The van der Waals surface area contributed by atoms with Crippen LogP contribution in [0.4, 0.5) is 5.69 Å². The zero-order chi connectivity index (χ0) is 9.64. The Morgan fingerprint density at radius 3 is 2.53 bits per heavy atom. The first-order valence-electron chi connectivity index (χ1n) is 4.47. The van der Waals surface area contributed by atoms with Crippen molar-refractivity contribution in [3.63, 3.8) is 0 Å². The highest BCUT2D eigenvalue weighted by Crippen LogP contribution is 2.34. The Balaban J connectivity index is 0.000000980. The molecule has 1 aliphatic rings. The second-order valence-corrected chi connectivity index (χ2v) is 4.23. The van der Waals surface area contributed by atoms with E-state index in [1.165, 1.54) is 0 Å². The molecule has 0 saturated heterocycles. The maximum absolute atomic E-state index is 11.1. The summed E-state index contributed by atoms with van der Waals surface area (Å²) >= 11 is 0. The lowest BCUT2D eigenvalue weighted by molar-refractivity contribution is 0.513. The van der Waals surface area contributed by atoms with E-state index in [2.05, 4.69) is 30.8 Å². The highest BCUT2D eigenvalue weighted by Gasteiger charge is 2.33. The summed E-state index contributed by atoms with van der Waals surface area (Å²) in [5, 5.41) is 0. The molecule has 0 radical (unpaired) electrons. The van der Waals surface area contributed by atoms with Crippen LogP contribution >= 0.6 is 24.8 Å². The van der Waals surface area contributed by atoms with Crippen LogP contribution in [0.15, 0.2) is 16.9 Å². The number of hydrogen-bond acceptors (Lipinski definition) is 2. The van der Waals surface area contributed by atoms with Crippen molar-refractivity contribution in [1.29, 1.82) is 0 Å². The van der Waals surface area contributed by atoms with Crippen molar-refractivity contribution < 1.29 is 0 Å². The first kappa shape index (κ1) is 14.3. The van der Waals surface area contributed by atoms with Crippen LogP contribution < -0.4 is 10.5 Å². The molecule has 1 aliphatic heterocycles. The number of hydrogen-bond donors (Lipinski definition) is 1. The normalized spacial score (nSPS) is 16.3. The fourth-order valence-corrected chi connectivity index (χ4v) is 1.84. The van der Waals surface area contributed by atoms with E-state index in [-0.39, 0.29) is 35.9 Å². The Kier molecular flexibility index (Phi) is 4.26. The monoisotopic (exact) mass is 250 g/mol. The minimum atomic E-state index is -0.00940. The van der Waals surface area contributed by atoms with Crippen LogP contribution in [0.5, 0.6) is 0 Å². The fourth-order valence-electron chi connectivity index (χ4n) is 1.84. The Morgan fingerprint density at radius 1 is 1.33 bits per heavy atom. The van der Waals surface area contributed by atoms with Crippen molar-refractivity contribution in [2.75, 3.05) is 11.9 Å². The SMILES string of the molecule is CN1c2ccc(=O)[nH]c2CC1(C)C.Cl.Cl. The Bertz CT molecular complexity index is 401. The third kappa shape index (κ3) is 2.29. The molecule has 0 atom stereocenters. The van der Waals surface area contributed by atoms with E-state index in [1.807, 2.05) is 6.07 Å². The van der Waals surface area contributed by atoms with E-state index in [1.54, 1.807) is 6.07 Å². The predicted molar refractivity (Wildman–Crippen MR) is 67.7 cm³/mol. The van der Waals surface area contributed by atoms with Crippen molar-refractivity contribution in [1.82, 2.24) is 4.98 Å². The van der Waals surface area contributed by atoms with Gasteiger partial charge in [0.15, 0.2) is 0 Å². The Labute approximate surface area is 102 Å². The maximum atomic E-state index is 11.1. The molecular weight excluding hydrogens is 235 g/mol. The predicted octanol–water partition coefficient (Wildman–Crippen LogP) is 1.99. The van der Waals surface area contributed by atoms with Gasteiger partial charge >= 0.3 is 0 Å². The number of aromatic amines is 1. The Morgan fingerprint density at radius 2 is 1.93 bits per heavy atom. The van der Waals surface area contributed by atoms with Crippen LogP contribution in [-0.2, 0) is 6.42 Å². The third-order valence-electron chi connectivity index (χ3n) is 2.85. The van der Waals surface area contributed by atoms with E-state index in [0.29, 0.717) is 0 Å². The van der Waals surface area contributed by atoms with Crippen molar-refractivity contribution in [2.45, 2.75) is 25.8 Å². The molecule has 0 amide bonds. The lowest BCUT2D eigenvalue weighted by atomic mass is 10.0. The highest BCUT2D eigenvalue weighted by atomic mass is 35.5. The molecule has 0 unspecified atom stereocenters. The van der Waals surface area contributed by atoms with Gasteiger partial charge < -0.3 is 9.88 Å². The van der Waals surface area contributed by atoms with E-state index in [0.717, 1.165) is 17.8 Å². The molecule has 3 nitrogen and oxygen atoms in total. The van der Waals surface area contributed by atoms with Gasteiger partial charge in [-0.3, -0.25) is 4.79 Å². The number of fused-ring (bicyclic) bond motifs is 1. The number of pyridine rings is 1. The van der Waals surface area contributed by atoms with Gasteiger partial charge in [-0.1, -0.05) is 0 Å². The molecule has 0 fully saturated rings. The number of nitrogens with zero attached hydrogens (tertiary/aromatic N) is 1. The highest BCUT2D eigenvalue weighted by molar-refractivity contribution is 5.85. The average molecular weight is 251 g/mol. The summed E-state index contributed by atoms with van der Waals surface area (Å²) in [6.45, 7) is 4.34. The summed E-state index contributed by atoms with van der Waals surface area (Å²) in [5.41, 5.74) is 2.31. The summed E-state index contributed by atoms with van der Waals surface area (Å²) in [6.07, 6.45) is 0.912. The quantitative estimate of drug-likeness (QED) is 0.765. The molecule has 1 aromatic rings. The lowest BCUT2D eigenvalue weighted by Crippen LogP contribution is -2.37. The van der Waals surface area contributed by atoms with Crippen LogP contribution in [0.2, 0.25) is 0 Å². The zero-order valence-electron chi connectivity index (χ0n) is 9.03. The number of likely N-dealkylation sites (N-methyl/N-ethyl adjacent to an activating group) is 1. The summed E-state index contributed by atoms with van der Waals surface area (Å²) in [7, 11) is 2.06. The molecule has 15 heavy (non-hydrogen) atoms. The molecule has 1 aromatic heterocycles. The van der Waals surface area contributed by atoms with E-state index in [4.69, 9.17) is 0 Å². The summed E-state index contributed by atoms with van der Waals surface area (Å²) < 4.78 is 0. The second kappa shape index (κ2) is 4.45. The summed E-state index contributed by atoms with van der Waals surface area (Å²) in [5.74, 6) is 0. The molecule has 0 spiro atoms. The Hall–Kier alpha value is -0.670.